The summed E-state index contributed by atoms with van der Waals surface area (Å²) in [5.41, 5.74) is 1.83. The van der Waals surface area contributed by atoms with Crippen molar-refractivity contribution in [2.45, 2.75) is 19.6 Å². The largest absolute Gasteiger partial charge is 0.480 e. The second-order valence-corrected chi connectivity index (χ2v) is 5.40. The van der Waals surface area contributed by atoms with Crippen LogP contribution in [-0.4, -0.2) is 25.2 Å². The number of para-hydroxylation sites is 1. The van der Waals surface area contributed by atoms with E-state index in [-0.39, 0.29) is 5.91 Å². The topological polar surface area (TPSA) is 100 Å². The summed E-state index contributed by atoms with van der Waals surface area (Å²) in [6, 6.07) is 15.8. The second-order valence-electron chi connectivity index (χ2n) is 5.40. The molecule has 2 aromatic rings. The van der Waals surface area contributed by atoms with E-state index in [4.69, 9.17) is 10.00 Å². The summed E-state index contributed by atoms with van der Waals surface area (Å²) in [7, 11) is 1.29. The van der Waals surface area contributed by atoms with E-state index >= 15 is 0 Å². The number of amides is 2. The van der Waals surface area contributed by atoms with Gasteiger partial charge in [0.05, 0.1) is 12.7 Å². The van der Waals surface area contributed by atoms with E-state index in [9.17, 15) is 9.59 Å². The lowest BCUT2D eigenvalue weighted by atomic mass is 10.2. The van der Waals surface area contributed by atoms with Crippen molar-refractivity contribution in [3.63, 3.8) is 0 Å². The van der Waals surface area contributed by atoms with Gasteiger partial charge in [-0.1, -0.05) is 24.3 Å². The van der Waals surface area contributed by atoms with Crippen molar-refractivity contribution in [3.8, 4) is 11.8 Å². The number of nitrogens with zero attached hydrogens (tertiary/aromatic N) is 1. The van der Waals surface area contributed by atoms with Crippen LogP contribution >= 0.6 is 0 Å². The van der Waals surface area contributed by atoms with Gasteiger partial charge in [-0.05, 0) is 36.8 Å². The highest BCUT2D eigenvalue weighted by Crippen LogP contribution is 2.18. The zero-order valence-corrected chi connectivity index (χ0v) is 14.5. The van der Waals surface area contributed by atoms with Crippen molar-refractivity contribution >= 4 is 17.7 Å². The number of ether oxygens (including phenoxy) is 2. The number of anilines is 1. The third-order valence-electron chi connectivity index (χ3n) is 3.53. The Hall–Kier alpha value is -3.53. The van der Waals surface area contributed by atoms with Gasteiger partial charge >= 0.3 is 6.09 Å². The van der Waals surface area contributed by atoms with Crippen LogP contribution in [0, 0.1) is 11.3 Å². The second kappa shape index (κ2) is 9.08. The monoisotopic (exact) mass is 353 g/mol. The molecule has 0 bridgehead atoms. The molecule has 0 aliphatic carbocycles. The normalized spacial score (nSPS) is 11.0. The van der Waals surface area contributed by atoms with Crippen molar-refractivity contribution in [3.05, 3.63) is 59.7 Å². The molecule has 0 aromatic heterocycles. The molecule has 2 rings (SSSR count). The molecule has 0 radical (unpaired) electrons. The highest BCUT2D eigenvalue weighted by molar-refractivity contribution is 5.84. The first-order valence-corrected chi connectivity index (χ1v) is 7.91. The first kappa shape index (κ1) is 18.8. The van der Waals surface area contributed by atoms with E-state index < -0.39 is 12.2 Å². The standard InChI is InChI=1S/C19H19N3O4/c1-13(26-17-6-4-3-5-15(17)11-20)18(23)21-12-14-7-9-16(10-8-14)22-19(24)25-2/h3-10,13H,12H2,1-2H3,(H,21,23)(H,22,24)/t13-/m1/s1. The number of nitriles is 1. The summed E-state index contributed by atoms with van der Waals surface area (Å²) in [6.45, 7) is 1.93. The minimum absolute atomic E-state index is 0.297. The fourth-order valence-electron chi connectivity index (χ4n) is 2.11. The van der Waals surface area contributed by atoms with Gasteiger partial charge in [0.2, 0.25) is 0 Å². The molecule has 134 valence electrons. The Morgan fingerprint density at radius 2 is 1.85 bits per heavy atom. The van der Waals surface area contributed by atoms with Crippen molar-refractivity contribution < 1.29 is 19.1 Å². The smallest absolute Gasteiger partial charge is 0.411 e. The molecule has 1 atom stereocenters. The van der Waals surface area contributed by atoms with Crippen molar-refractivity contribution in [1.29, 1.82) is 5.26 Å². The molecule has 2 N–H and O–H groups in total. The summed E-state index contributed by atoms with van der Waals surface area (Å²) in [5.74, 6) is 0.0744. The van der Waals surface area contributed by atoms with E-state index in [1.165, 1.54) is 7.11 Å². The maximum Gasteiger partial charge on any atom is 0.411 e. The highest BCUT2D eigenvalue weighted by atomic mass is 16.5. The molecule has 0 heterocycles. The molecule has 0 saturated carbocycles. The summed E-state index contributed by atoms with van der Waals surface area (Å²) >= 11 is 0. The average molecular weight is 353 g/mol. The predicted molar refractivity (Wildman–Crippen MR) is 95.6 cm³/mol. The fourth-order valence-corrected chi connectivity index (χ4v) is 2.11. The molecular weight excluding hydrogens is 334 g/mol. The first-order chi connectivity index (χ1) is 12.5. The average Bonchev–Trinajstić information content (AvgIpc) is 2.67. The molecule has 0 aliphatic rings. The van der Waals surface area contributed by atoms with E-state index in [1.54, 1.807) is 55.5 Å². The van der Waals surface area contributed by atoms with Gasteiger partial charge in [-0.3, -0.25) is 10.1 Å². The quantitative estimate of drug-likeness (QED) is 0.832. The summed E-state index contributed by atoms with van der Waals surface area (Å²) in [6.07, 6.45) is -1.29. The molecule has 0 unspecified atom stereocenters. The van der Waals surface area contributed by atoms with Gasteiger partial charge < -0.3 is 14.8 Å². The van der Waals surface area contributed by atoms with Gasteiger partial charge in [-0.25, -0.2) is 4.79 Å². The molecule has 0 saturated heterocycles. The van der Waals surface area contributed by atoms with Gasteiger partial charge in [-0.2, -0.15) is 5.26 Å². The van der Waals surface area contributed by atoms with Crippen LogP contribution in [-0.2, 0) is 16.1 Å². The van der Waals surface area contributed by atoms with Crippen molar-refractivity contribution in [1.82, 2.24) is 5.32 Å². The van der Waals surface area contributed by atoms with Crippen LogP contribution in [0.1, 0.15) is 18.1 Å². The fraction of sp³-hybridized carbons (Fsp3) is 0.211. The number of carbonyl (C=O) groups excluding carboxylic acids is 2. The maximum absolute atomic E-state index is 12.2. The zero-order chi connectivity index (χ0) is 18.9. The van der Waals surface area contributed by atoms with Gasteiger partial charge in [0, 0.05) is 12.2 Å². The Balaban J connectivity index is 1.87. The van der Waals surface area contributed by atoms with E-state index in [0.29, 0.717) is 23.5 Å². The molecule has 0 spiro atoms. The molecule has 0 fully saturated rings. The van der Waals surface area contributed by atoms with Gasteiger partial charge in [0.15, 0.2) is 6.10 Å². The SMILES string of the molecule is COC(=O)Nc1ccc(CNC(=O)[C@@H](C)Oc2ccccc2C#N)cc1. The molecule has 7 nitrogen and oxygen atoms in total. The summed E-state index contributed by atoms with van der Waals surface area (Å²) < 4.78 is 10.1. The Morgan fingerprint density at radius 1 is 1.15 bits per heavy atom. The van der Waals surface area contributed by atoms with Crippen molar-refractivity contribution in [2.75, 3.05) is 12.4 Å². The molecule has 26 heavy (non-hydrogen) atoms. The number of hydrogen-bond donors (Lipinski definition) is 2. The minimum Gasteiger partial charge on any atom is -0.480 e. The third kappa shape index (κ3) is 5.24. The van der Waals surface area contributed by atoms with Crippen LogP contribution in [0.25, 0.3) is 0 Å². The molecule has 2 amide bonds. The number of rotatable bonds is 6. The maximum atomic E-state index is 12.2. The lowest BCUT2D eigenvalue weighted by Crippen LogP contribution is -2.36. The Morgan fingerprint density at radius 3 is 2.50 bits per heavy atom. The number of benzene rings is 2. The molecule has 0 aliphatic heterocycles. The van der Waals surface area contributed by atoms with Crippen LogP contribution in [0.4, 0.5) is 10.5 Å². The van der Waals surface area contributed by atoms with Gasteiger partial charge in [-0.15, -0.1) is 0 Å². The van der Waals surface area contributed by atoms with E-state index in [1.807, 2.05) is 6.07 Å². The third-order valence-corrected chi connectivity index (χ3v) is 3.53. The number of hydrogen-bond acceptors (Lipinski definition) is 5. The lowest BCUT2D eigenvalue weighted by Gasteiger charge is -2.15. The van der Waals surface area contributed by atoms with Crippen LogP contribution in [0.15, 0.2) is 48.5 Å². The Kier molecular flexibility index (Phi) is 6.57. The minimum atomic E-state index is -0.746. The van der Waals surface area contributed by atoms with Crippen LogP contribution in [0.3, 0.4) is 0 Å². The highest BCUT2D eigenvalue weighted by Gasteiger charge is 2.16. The summed E-state index contributed by atoms with van der Waals surface area (Å²) in [5, 5.41) is 14.4. The zero-order valence-electron chi connectivity index (χ0n) is 14.5. The molecular formula is C19H19N3O4. The first-order valence-electron chi connectivity index (χ1n) is 7.91. The molecule has 7 heteroatoms. The van der Waals surface area contributed by atoms with Gasteiger partial charge in [0.1, 0.15) is 11.8 Å². The number of carbonyl (C=O) groups is 2. The Bertz CT molecular complexity index is 812. The lowest BCUT2D eigenvalue weighted by molar-refractivity contribution is -0.127. The number of nitrogens with one attached hydrogen (secondary N) is 2. The Labute approximate surface area is 151 Å². The van der Waals surface area contributed by atoms with Crippen LogP contribution in [0.2, 0.25) is 0 Å². The van der Waals surface area contributed by atoms with Gasteiger partial charge in [0.25, 0.3) is 5.91 Å². The van der Waals surface area contributed by atoms with E-state index in [0.717, 1.165) is 5.56 Å². The number of methoxy groups -OCH3 is 1. The summed E-state index contributed by atoms with van der Waals surface area (Å²) in [4.78, 5) is 23.3. The van der Waals surface area contributed by atoms with Crippen molar-refractivity contribution in [2.24, 2.45) is 0 Å². The van der Waals surface area contributed by atoms with E-state index in [2.05, 4.69) is 15.4 Å². The molecule has 2 aromatic carbocycles. The van der Waals surface area contributed by atoms with Crippen LogP contribution in [0.5, 0.6) is 5.75 Å². The predicted octanol–water partition coefficient (Wildman–Crippen LogP) is 2.82. The van der Waals surface area contributed by atoms with Crippen LogP contribution < -0.4 is 15.4 Å².